The highest BCUT2D eigenvalue weighted by Gasteiger charge is 2.09. The van der Waals surface area contributed by atoms with Gasteiger partial charge in [-0.25, -0.2) is 0 Å². The Bertz CT molecular complexity index is 705. The number of hydrogen-bond donors (Lipinski definition) is 2. The van der Waals surface area contributed by atoms with Crippen molar-refractivity contribution in [2.75, 3.05) is 7.11 Å². The van der Waals surface area contributed by atoms with Crippen molar-refractivity contribution in [2.24, 2.45) is 0 Å². The van der Waals surface area contributed by atoms with Crippen LogP contribution in [-0.4, -0.2) is 23.1 Å². The maximum atomic E-state index is 11.8. The lowest BCUT2D eigenvalue weighted by molar-refractivity contribution is -0.114. The monoisotopic (exact) mass is 326 g/mol. The number of carbonyl (C=O) groups is 1. The summed E-state index contributed by atoms with van der Waals surface area (Å²) in [6.45, 7) is 0. The van der Waals surface area contributed by atoms with Gasteiger partial charge in [0.2, 0.25) is 5.75 Å². The van der Waals surface area contributed by atoms with E-state index in [9.17, 15) is 15.0 Å². The van der Waals surface area contributed by atoms with Crippen LogP contribution < -0.4 is 4.74 Å². The summed E-state index contributed by atoms with van der Waals surface area (Å²) in [6.07, 6.45) is 6.00. The van der Waals surface area contributed by atoms with Crippen LogP contribution in [0.15, 0.2) is 54.6 Å². The average Bonchev–Trinajstić information content (AvgIpc) is 2.60. The van der Waals surface area contributed by atoms with Crippen molar-refractivity contribution in [3.63, 3.8) is 0 Å². The minimum atomic E-state index is -0.257. The molecule has 0 heterocycles. The van der Waals surface area contributed by atoms with Gasteiger partial charge >= 0.3 is 0 Å². The summed E-state index contributed by atoms with van der Waals surface area (Å²) in [7, 11) is 1.43. The van der Waals surface area contributed by atoms with Gasteiger partial charge in [-0.2, -0.15) is 0 Å². The number of phenols is 2. The number of aryl methyl sites for hydroxylation is 2. The van der Waals surface area contributed by atoms with Gasteiger partial charge in [0.05, 0.1) is 7.11 Å². The predicted octanol–water partition coefficient (Wildman–Crippen LogP) is 3.80. The maximum absolute atomic E-state index is 11.8. The molecule has 0 aromatic heterocycles. The molecule has 2 rings (SSSR count). The van der Waals surface area contributed by atoms with Crippen LogP contribution in [0, 0.1) is 0 Å². The van der Waals surface area contributed by atoms with E-state index < -0.39 is 0 Å². The van der Waals surface area contributed by atoms with E-state index in [4.69, 9.17) is 4.74 Å². The fourth-order valence-corrected chi connectivity index (χ4v) is 2.41. The second-order valence-electron chi connectivity index (χ2n) is 5.56. The Morgan fingerprint density at radius 3 is 2.54 bits per heavy atom. The third-order valence-electron chi connectivity index (χ3n) is 3.74. The fraction of sp³-hybridized carbons (Fsp3) is 0.250. The van der Waals surface area contributed by atoms with E-state index >= 15 is 0 Å². The minimum Gasteiger partial charge on any atom is -0.504 e. The molecule has 0 unspecified atom stereocenters. The fourth-order valence-electron chi connectivity index (χ4n) is 2.41. The summed E-state index contributed by atoms with van der Waals surface area (Å²) >= 11 is 0. The molecule has 0 saturated carbocycles. The molecule has 0 amide bonds. The lowest BCUT2D eigenvalue weighted by Crippen LogP contribution is -1.96. The van der Waals surface area contributed by atoms with Crippen LogP contribution >= 0.6 is 0 Å². The number of rotatable bonds is 8. The molecule has 0 fully saturated rings. The van der Waals surface area contributed by atoms with Crippen molar-refractivity contribution in [2.45, 2.75) is 25.7 Å². The summed E-state index contributed by atoms with van der Waals surface area (Å²) in [5.41, 5.74) is 1.99. The van der Waals surface area contributed by atoms with E-state index in [0.29, 0.717) is 19.3 Å². The molecule has 0 bridgehead atoms. The summed E-state index contributed by atoms with van der Waals surface area (Å²) in [4.78, 5) is 11.8. The first kappa shape index (κ1) is 17.6. The first-order chi connectivity index (χ1) is 11.6. The average molecular weight is 326 g/mol. The maximum Gasteiger partial charge on any atom is 0.200 e. The van der Waals surface area contributed by atoms with Crippen molar-refractivity contribution in [1.29, 1.82) is 0 Å². The topological polar surface area (TPSA) is 66.8 Å². The molecular formula is C20H22O4. The largest absolute Gasteiger partial charge is 0.504 e. The van der Waals surface area contributed by atoms with E-state index in [0.717, 1.165) is 17.5 Å². The Morgan fingerprint density at radius 2 is 1.83 bits per heavy atom. The van der Waals surface area contributed by atoms with Gasteiger partial charge in [-0.15, -0.1) is 0 Å². The molecule has 2 aromatic carbocycles. The van der Waals surface area contributed by atoms with E-state index in [1.807, 2.05) is 36.4 Å². The van der Waals surface area contributed by atoms with Crippen LogP contribution in [-0.2, 0) is 17.6 Å². The highest BCUT2D eigenvalue weighted by atomic mass is 16.5. The van der Waals surface area contributed by atoms with E-state index in [2.05, 4.69) is 0 Å². The first-order valence-electron chi connectivity index (χ1n) is 7.92. The number of phenolic OH excluding ortho intramolecular Hbond substituents is 2. The van der Waals surface area contributed by atoms with Crippen LogP contribution in [0.2, 0.25) is 0 Å². The van der Waals surface area contributed by atoms with Crippen molar-refractivity contribution >= 4 is 5.78 Å². The summed E-state index contributed by atoms with van der Waals surface area (Å²) in [5, 5.41) is 19.2. The van der Waals surface area contributed by atoms with Gasteiger partial charge < -0.3 is 14.9 Å². The molecule has 0 radical (unpaired) electrons. The number of ketones is 1. The van der Waals surface area contributed by atoms with Gasteiger partial charge in [0, 0.05) is 6.42 Å². The Balaban J connectivity index is 1.80. The third-order valence-corrected chi connectivity index (χ3v) is 3.74. The van der Waals surface area contributed by atoms with Gasteiger partial charge in [-0.3, -0.25) is 4.79 Å². The quantitative estimate of drug-likeness (QED) is 0.572. The van der Waals surface area contributed by atoms with Gasteiger partial charge in [-0.05, 0) is 48.6 Å². The SMILES string of the molecule is COc1cc(CCC=CC(=O)CCc2ccccc2)cc(O)c1O. The van der Waals surface area contributed by atoms with Crippen LogP contribution in [0.4, 0.5) is 0 Å². The second kappa shape index (κ2) is 8.77. The minimum absolute atomic E-state index is 0.102. The molecule has 126 valence electrons. The number of benzene rings is 2. The number of hydrogen-bond acceptors (Lipinski definition) is 4. The van der Waals surface area contributed by atoms with Crippen LogP contribution in [0.3, 0.4) is 0 Å². The molecule has 0 spiro atoms. The molecule has 4 heteroatoms. The van der Waals surface area contributed by atoms with Crippen molar-refractivity contribution in [1.82, 2.24) is 0 Å². The number of allylic oxidation sites excluding steroid dienone is 2. The van der Waals surface area contributed by atoms with Crippen molar-refractivity contribution in [3.8, 4) is 17.2 Å². The van der Waals surface area contributed by atoms with Crippen LogP contribution in [0.1, 0.15) is 24.0 Å². The molecule has 24 heavy (non-hydrogen) atoms. The van der Waals surface area contributed by atoms with Gasteiger partial charge in [-0.1, -0.05) is 36.4 Å². The van der Waals surface area contributed by atoms with E-state index in [1.54, 1.807) is 12.1 Å². The molecular weight excluding hydrogens is 304 g/mol. The summed E-state index contributed by atoms with van der Waals surface area (Å²) in [6, 6.07) is 13.1. The van der Waals surface area contributed by atoms with Gasteiger partial charge in [0.1, 0.15) is 0 Å². The number of carbonyl (C=O) groups excluding carboxylic acids is 1. The van der Waals surface area contributed by atoms with Crippen LogP contribution in [0.5, 0.6) is 17.2 Å². The highest BCUT2D eigenvalue weighted by Crippen LogP contribution is 2.36. The first-order valence-corrected chi connectivity index (χ1v) is 7.92. The Labute approximate surface area is 142 Å². The second-order valence-corrected chi connectivity index (χ2v) is 5.56. The number of methoxy groups -OCH3 is 1. The summed E-state index contributed by atoms with van der Waals surface area (Å²) < 4.78 is 5.00. The van der Waals surface area contributed by atoms with Crippen molar-refractivity contribution in [3.05, 3.63) is 65.7 Å². The smallest absolute Gasteiger partial charge is 0.200 e. The zero-order valence-corrected chi connectivity index (χ0v) is 13.7. The van der Waals surface area contributed by atoms with E-state index in [1.165, 1.54) is 13.2 Å². The Kier molecular flexibility index (Phi) is 6.43. The predicted molar refractivity (Wildman–Crippen MR) is 93.6 cm³/mol. The van der Waals surface area contributed by atoms with Crippen LogP contribution in [0.25, 0.3) is 0 Å². The van der Waals surface area contributed by atoms with Gasteiger partial charge in [0.15, 0.2) is 17.3 Å². The molecule has 0 aliphatic carbocycles. The zero-order valence-electron chi connectivity index (χ0n) is 13.7. The molecule has 0 aliphatic heterocycles. The molecule has 2 N–H and O–H groups in total. The Hall–Kier alpha value is -2.75. The molecule has 4 nitrogen and oxygen atoms in total. The lowest BCUT2D eigenvalue weighted by atomic mass is 10.1. The third kappa shape index (κ3) is 5.16. The van der Waals surface area contributed by atoms with Gasteiger partial charge in [0.25, 0.3) is 0 Å². The van der Waals surface area contributed by atoms with E-state index in [-0.39, 0.29) is 23.0 Å². The molecule has 0 aliphatic rings. The zero-order chi connectivity index (χ0) is 17.4. The lowest BCUT2D eigenvalue weighted by Gasteiger charge is -2.07. The van der Waals surface area contributed by atoms with Crippen molar-refractivity contribution < 1.29 is 19.7 Å². The Morgan fingerprint density at radius 1 is 1.08 bits per heavy atom. The highest BCUT2D eigenvalue weighted by molar-refractivity contribution is 5.89. The normalized spacial score (nSPS) is 10.9. The summed E-state index contributed by atoms with van der Waals surface area (Å²) in [5.74, 6) is -0.113. The number of aromatic hydroxyl groups is 2. The number of ether oxygens (including phenoxy) is 1. The standard InChI is InChI=1S/C20H22O4/c1-24-19-14-16(13-18(22)20(19)23)9-5-6-10-17(21)12-11-15-7-3-2-4-8-15/h2-4,6-8,10,13-14,22-23H,5,9,11-12H2,1H3. The molecule has 0 atom stereocenters. The molecule has 2 aromatic rings. The molecule has 0 saturated heterocycles.